The Morgan fingerprint density at radius 1 is 1.32 bits per heavy atom. The van der Waals surface area contributed by atoms with Crippen LogP contribution in [0.15, 0.2) is 32.8 Å². The van der Waals surface area contributed by atoms with Gasteiger partial charge in [0.1, 0.15) is 11.5 Å². The Morgan fingerprint density at radius 2 is 2.04 bits per heavy atom. The van der Waals surface area contributed by atoms with Crippen LogP contribution in [0.2, 0.25) is 0 Å². The van der Waals surface area contributed by atoms with Crippen LogP contribution in [0.1, 0.15) is 5.56 Å². The molecule has 10 heteroatoms. The van der Waals surface area contributed by atoms with Gasteiger partial charge in [0.05, 0.1) is 13.1 Å². The van der Waals surface area contributed by atoms with Gasteiger partial charge >= 0.3 is 11.7 Å². The number of aromatic nitrogens is 2. The van der Waals surface area contributed by atoms with Gasteiger partial charge < -0.3 is 10.4 Å². The summed E-state index contributed by atoms with van der Waals surface area (Å²) in [6.45, 7) is -0.448. The summed E-state index contributed by atoms with van der Waals surface area (Å²) in [5.41, 5.74) is -1.83. The number of hydrogen-bond acceptors (Lipinski definition) is 5. The van der Waals surface area contributed by atoms with Crippen LogP contribution in [0.4, 0.5) is 20.3 Å². The van der Waals surface area contributed by atoms with E-state index in [0.29, 0.717) is 0 Å². The van der Waals surface area contributed by atoms with Gasteiger partial charge in [-0.2, -0.15) is 0 Å². The predicted molar refractivity (Wildman–Crippen MR) is 84.6 cm³/mol. The first kappa shape index (κ1) is 16.6. The molecule has 0 spiro atoms. The monoisotopic (exact) mass is 350 g/mol. The van der Waals surface area contributed by atoms with E-state index >= 15 is 0 Å². The number of benzene rings is 1. The summed E-state index contributed by atoms with van der Waals surface area (Å²) >= 11 is 0. The van der Waals surface area contributed by atoms with Gasteiger partial charge in [0.2, 0.25) is 0 Å². The van der Waals surface area contributed by atoms with E-state index in [4.69, 9.17) is 5.11 Å². The number of anilines is 1. The second kappa shape index (κ2) is 5.96. The summed E-state index contributed by atoms with van der Waals surface area (Å²) in [5, 5.41) is 11.7. The third-order valence-corrected chi connectivity index (χ3v) is 3.77. The van der Waals surface area contributed by atoms with Gasteiger partial charge in [-0.05, 0) is 17.7 Å². The zero-order valence-electron chi connectivity index (χ0n) is 12.9. The molecule has 0 atom stereocenters. The summed E-state index contributed by atoms with van der Waals surface area (Å²) in [6, 6.07) is 3.01. The lowest BCUT2D eigenvalue weighted by Crippen LogP contribution is -2.42. The van der Waals surface area contributed by atoms with Crippen LogP contribution in [0.5, 0.6) is 0 Å². The minimum absolute atomic E-state index is 0.0986. The number of aliphatic imine (C=N–C) groups is 1. The fourth-order valence-electron chi connectivity index (χ4n) is 2.48. The zero-order chi connectivity index (χ0) is 18.3. The van der Waals surface area contributed by atoms with Crippen molar-refractivity contribution < 1.29 is 18.7 Å². The fourth-order valence-corrected chi connectivity index (χ4v) is 2.48. The van der Waals surface area contributed by atoms with E-state index in [1.54, 1.807) is 0 Å². The molecule has 0 unspecified atom stereocenters. The van der Waals surface area contributed by atoms with E-state index in [1.165, 1.54) is 13.1 Å². The van der Waals surface area contributed by atoms with Gasteiger partial charge in [-0.1, -0.05) is 6.07 Å². The Kier molecular flexibility index (Phi) is 3.95. The molecule has 0 amide bonds. The Balaban J connectivity index is 2.16. The quantitative estimate of drug-likeness (QED) is 0.836. The van der Waals surface area contributed by atoms with Crippen molar-refractivity contribution in [1.29, 1.82) is 0 Å². The molecule has 0 radical (unpaired) electrons. The highest BCUT2D eigenvalue weighted by atomic mass is 19.2. The molecule has 130 valence electrons. The van der Waals surface area contributed by atoms with Crippen LogP contribution in [-0.2, 0) is 18.4 Å². The standard InChI is InChI=1S/C15H12F2N4O4/c1-20-12-11(19-10(5-18-12)14(23)24)13(22)21(15(20)25)6-7-2-3-8(16)9(17)4-7/h2-4,18H,5-6H2,1H3,(H,23,24). The molecule has 2 aromatic rings. The molecule has 1 aromatic heterocycles. The van der Waals surface area contributed by atoms with Crippen LogP contribution in [-0.4, -0.2) is 32.5 Å². The van der Waals surface area contributed by atoms with Crippen LogP contribution in [0.3, 0.4) is 0 Å². The molecule has 2 N–H and O–H groups in total. The first-order valence-electron chi connectivity index (χ1n) is 7.12. The lowest BCUT2D eigenvalue weighted by molar-refractivity contribution is -0.129. The van der Waals surface area contributed by atoms with Gasteiger partial charge in [-0.15, -0.1) is 0 Å². The average Bonchev–Trinajstić information content (AvgIpc) is 2.59. The highest BCUT2D eigenvalue weighted by Crippen LogP contribution is 2.22. The predicted octanol–water partition coefficient (Wildman–Crippen LogP) is 0.456. The maximum Gasteiger partial charge on any atom is 0.352 e. The Morgan fingerprint density at radius 3 is 2.68 bits per heavy atom. The van der Waals surface area contributed by atoms with Crippen LogP contribution in [0, 0.1) is 11.6 Å². The summed E-state index contributed by atoms with van der Waals surface area (Å²) in [4.78, 5) is 39.8. The first-order valence-corrected chi connectivity index (χ1v) is 7.12. The number of fused-ring (bicyclic) bond motifs is 1. The Hall–Kier alpha value is -3.30. The highest BCUT2D eigenvalue weighted by Gasteiger charge is 2.24. The van der Waals surface area contributed by atoms with Gasteiger partial charge in [0.25, 0.3) is 5.56 Å². The van der Waals surface area contributed by atoms with E-state index in [9.17, 15) is 23.2 Å². The third-order valence-electron chi connectivity index (χ3n) is 3.77. The normalized spacial score (nSPS) is 13.0. The van der Waals surface area contributed by atoms with Crippen molar-refractivity contribution in [1.82, 2.24) is 9.13 Å². The van der Waals surface area contributed by atoms with E-state index in [0.717, 1.165) is 21.3 Å². The van der Waals surface area contributed by atoms with Gasteiger partial charge in [-0.3, -0.25) is 13.9 Å². The second-order valence-corrected chi connectivity index (χ2v) is 5.40. The molecule has 0 aliphatic carbocycles. The molecule has 1 aliphatic heterocycles. The largest absolute Gasteiger partial charge is 0.477 e. The molecule has 1 aromatic carbocycles. The maximum atomic E-state index is 13.3. The average molecular weight is 350 g/mol. The molecule has 0 fully saturated rings. The molecule has 1 aliphatic rings. The van der Waals surface area contributed by atoms with E-state index in [-0.39, 0.29) is 35.9 Å². The molecule has 0 saturated heterocycles. The SMILES string of the molecule is Cn1c2c(c(=O)n(Cc3ccc(F)c(F)c3)c1=O)N=C(C(=O)O)CN2. The molecule has 8 nitrogen and oxygen atoms in total. The number of rotatable bonds is 3. The molecular weight excluding hydrogens is 338 g/mol. The fraction of sp³-hybridized carbons (Fsp3) is 0.200. The van der Waals surface area contributed by atoms with Crippen molar-refractivity contribution in [2.75, 3.05) is 11.9 Å². The smallest absolute Gasteiger partial charge is 0.352 e. The topological polar surface area (TPSA) is 106 Å². The number of nitrogens with zero attached hydrogens (tertiary/aromatic N) is 3. The molecule has 2 heterocycles. The van der Waals surface area contributed by atoms with Crippen LogP contribution in [0.25, 0.3) is 0 Å². The number of nitrogens with one attached hydrogen (secondary N) is 1. The Labute approximate surface area is 138 Å². The van der Waals surface area contributed by atoms with Crippen molar-refractivity contribution in [3.63, 3.8) is 0 Å². The lowest BCUT2D eigenvalue weighted by atomic mass is 10.2. The highest BCUT2D eigenvalue weighted by molar-refractivity contribution is 6.38. The lowest BCUT2D eigenvalue weighted by Gasteiger charge is -2.19. The molecule has 3 rings (SSSR count). The zero-order valence-corrected chi connectivity index (χ0v) is 12.9. The van der Waals surface area contributed by atoms with Crippen molar-refractivity contribution >= 4 is 23.2 Å². The van der Waals surface area contributed by atoms with Crippen molar-refractivity contribution in [3.8, 4) is 0 Å². The van der Waals surface area contributed by atoms with Crippen molar-refractivity contribution in [2.45, 2.75) is 6.54 Å². The van der Waals surface area contributed by atoms with E-state index in [2.05, 4.69) is 10.3 Å². The minimum atomic E-state index is -1.29. The molecular formula is C15H12F2N4O4. The first-order chi connectivity index (χ1) is 11.8. The molecule has 0 bridgehead atoms. The molecule has 25 heavy (non-hydrogen) atoms. The summed E-state index contributed by atoms with van der Waals surface area (Å²) in [5.74, 6) is -3.34. The van der Waals surface area contributed by atoms with Crippen molar-refractivity contribution in [2.24, 2.45) is 12.0 Å². The van der Waals surface area contributed by atoms with Crippen LogP contribution >= 0.6 is 0 Å². The van der Waals surface area contributed by atoms with Gasteiger partial charge in [0.15, 0.2) is 17.3 Å². The van der Waals surface area contributed by atoms with Gasteiger partial charge in [0, 0.05) is 7.05 Å². The number of carbonyl (C=O) groups is 1. The van der Waals surface area contributed by atoms with E-state index < -0.39 is 28.9 Å². The number of hydrogen-bond donors (Lipinski definition) is 2. The minimum Gasteiger partial charge on any atom is -0.477 e. The maximum absolute atomic E-state index is 13.3. The second-order valence-electron chi connectivity index (χ2n) is 5.40. The number of carboxylic acids is 1. The summed E-state index contributed by atoms with van der Waals surface area (Å²) in [7, 11) is 1.39. The van der Waals surface area contributed by atoms with Crippen molar-refractivity contribution in [3.05, 3.63) is 56.2 Å². The number of halogens is 2. The third kappa shape index (κ3) is 2.82. The summed E-state index contributed by atoms with van der Waals surface area (Å²) < 4.78 is 28.2. The van der Waals surface area contributed by atoms with Gasteiger partial charge in [-0.25, -0.2) is 23.4 Å². The molecule has 0 saturated carbocycles. The number of carboxylic acid groups (broad SMARTS) is 1. The van der Waals surface area contributed by atoms with E-state index in [1.807, 2.05) is 0 Å². The number of aliphatic carboxylic acids is 1. The van der Waals surface area contributed by atoms with Crippen LogP contribution < -0.4 is 16.6 Å². The Bertz CT molecular complexity index is 1040. The summed E-state index contributed by atoms with van der Waals surface area (Å²) in [6.07, 6.45) is 0.